The molecule has 1 nitrogen and oxygen atoms in total. The fourth-order valence-corrected chi connectivity index (χ4v) is 1.83. The maximum Gasteiger partial charge on any atom is 0.313 e. The fourth-order valence-electron chi connectivity index (χ4n) is 1.52. The van der Waals surface area contributed by atoms with Gasteiger partial charge < -0.3 is 0 Å². The smallest absolute Gasteiger partial charge is 0.287 e. The van der Waals surface area contributed by atoms with Gasteiger partial charge in [0.15, 0.2) is 0 Å². The SMILES string of the molecule is O=C1c2c(Cl)cc(F)cc2CC1(F)F. The molecule has 0 fully saturated rings. The third-order valence-corrected chi connectivity index (χ3v) is 2.41. The molecule has 14 heavy (non-hydrogen) atoms. The minimum atomic E-state index is -3.44. The van der Waals surface area contributed by atoms with Crippen LogP contribution in [0.1, 0.15) is 15.9 Å². The van der Waals surface area contributed by atoms with E-state index in [1.165, 1.54) is 0 Å². The summed E-state index contributed by atoms with van der Waals surface area (Å²) >= 11 is 5.50. The molecular weight excluding hydrogens is 217 g/mol. The second kappa shape index (κ2) is 2.73. The van der Waals surface area contributed by atoms with Gasteiger partial charge in [0, 0.05) is 12.0 Å². The van der Waals surface area contributed by atoms with E-state index in [0.29, 0.717) is 0 Å². The van der Waals surface area contributed by atoms with Crippen LogP contribution in [0.5, 0.6) is 0 Å². The van der Waals surface area contributed by atoms with Gasteiger partial charge in [0.2, 0.25) is 5.78 Å². The van der Waals surface area contributed by atoms with E-state index in [2.05, 4.69) is 0 Å². The Bertz CT molecular complexity index is 428. The van der Waals surface area contributed by atoms with Crippen LogP contribution in [0.15, 0.2) is 12.1 Å². The standard InChI is InChI=1S/C9H4ClF3O/c10-6-2-5(11)1-4-3-9(12,13)8(14)7(4)6/h1-2H,3H2. The lowest BCUT2D eigenvalue weighted by Crippen LogP contribution is -2.23. The van der Waals surface area contributed by atoms with Crippen molar-refractivity contribution in [3.05, 3.63) is 34.1 Å². The van der Waals surface area contributed by atoms with E-state index in [9.17, 15) is 18.0 Å². The zero-order chi connectivity index (χ0) is 10.5. The van der Waals surface area contributed by atoms with Crippen molar-refractivity contribution in [2.75, 3.05) is 0 Å². The molecule has 1 aromatic carbocycles. The number of fused-ring (bicyclic) bond motifs is 1. The molecule has 0 atom stereocenters. The number of alkyl halides is 2. The summed E-state index contributed by atoms with van der Waals surface area (Å²) in [6.07, 6.45) is -0.765. The number of hydrogen-bond acceptors (Lipinski definition) is 1. The summed E-state index contributed by atoms with van der Waals surface area (Å²) in [6, 6.07) is 1.78. The van der Waals surface area contributed by atoms with Gasteiger partial charge in [0.1, 0.15) is 5.82 Å². The molecule has 1 aliphatic rings. The highest BCUT2D eigenvalue weighted by Crippen LogP contribution is 2.38. The Morgan fingerprint density at radius 1 is 1.36 bits per heavy atom. The normalized spacial score (nSPS) is 18.4. The third-order valence-electron chi connectivity index (χ3n) is 2.11. The molecule has 1 aromatic rings. The summed E-state index contributed by atoms with van der Waals surface area (Å²) in [6.45, 7) is 0. The Labute approximate surface area is 82.5 Å². The van der Waals surface area contributed by atoms with E-state index in [1.807, 2.05) is 0 Å². The van der Waals surface area contributed by atoms with Crippen molar-refractivity contribution in [3.63, 3.8) is 0 Å². The van der Waals surface area contributed by atoms with Crippen LogP contribution in [0.4, 0.5) is 13.2 Å². The van der Waals surface area contributed by atoms with Crippen molar-refractivity contribution in [2.24, 2.45) is 0 Å². The van der Waals surface area contributed by atoms with Crippen LogP contribution < -0.4 is 0 Å². The molecule has 0 saturated carbocycles. The highest BCUT2D eigenvalue weighted by Gasteiger charge is 2.47. The second-order valence-electron chi connectivity index (χ2n) is 3.13. The highest BCUT2D eigenvalue weighted by atomic mass is 35.5. The maximum absolute atomic E-state index is 12.9. The second-order valence-corrected chi connectivity index (χ2v) is 3.54. The van der Waals surface area contributed by atoms with E-state index in [4.69, 9.17) is 11.6 Å². The molecular formula is C9H4ClF3O. The number of Topliss-reactive ketones (excluding diaryl/α,β-unsaturated/α-hetero) is 1. The van der Waals surface area contributed by atoms with E-state index in [-0.39, 0.29) is 16.1 Å². The molecule has 0 amide bonds. The molecule has 0 spiro atoms. The first-order chi connectivity index (χ1) is 6.42. The molecule has 74 valence electrons. The van der Waals surface area contributed by atoms with Crippen molar-refractivity contribution in [2.45, 2.75) is 12.3 Å². The number of ketones is 1. The minimum absolute atomic E-state index is 0.0231. The fraction of sp³-hybridized carbons (Fsp3) is 0.222. The largest absolute Gasteiger partial charge is 0.313 e. The number of halogens is 4. The number of rotatable bonds is 0. The number of hydrogen-bond donors (Lipinski definition) is 0. The molecule has 0 aliphatic heterocycles. The van der Waals surface area contributed by atoms with Gasteiger partial charge in [-0.05, 0) is 17.7 Å². The van der Waals surface area contributed by atoms with Crippen molar-refractivity contribution in [3.8, 4) is 0 Å². The summed E-state index contributed by atoms with van der Waals surface area (Å²) in [5.41, 5.74) is -0.275. The molecule has 1 aliphatic carbocycles. The topological polar surface area (TPSA) is 17.1 Å². The van der Waals surface area contributed by atoms with Crippen LogP contribution in [0.2, 0.25) is 5.02 Å². The Kier molecular flexibility index (Phi) is 1.86. The summed E-state index contributed by atoms with van der Waals surface area (Å²) < 4.78 is 38.6. The van der Waals surface area contributed by atoms with Gasteiger partial charge >= 0.3 is 5.92 Å². The van der Waals surface area contributed by atoms with Crippen LogP contribution in [-0.4, -0.2) is 11.7 Å². The first-order valence-electron chi connectivity index (χ1n) is 3.82. The van der Waals surface area contributed by atoms with Crippen LogP contribution >= 0.6 is 11.6 Å². The summed E-state index contributed by atoms with van der Waals surface area (Å²) in [5.74, 6) is -5.48. The first-order valence-corrected chi connectivity index (χ1v) is 4.20. The van der Waals surface area contributed by atoms with Crippen molar-refractivity contribution in [1.29, 1.82) is 0 Å². The lowest BCUT2D eigenvalue weighted by Gasteiger charge is -2.03. The summed E-state index contributed by atoms with van der Waals surface area (Å²) in [7, 11) is 0. The zero-order valence-corrected chi connectivity index (χ0v) is 7.54. The minimum Gasteiger partial charge on any atom is -0.287 e. The van der Waals surface area contributed by atoms with E-state index in [0.717, 1.165) is 12.1 Å². The van der Waals surface area contributed by atoms with Crippen LogP contribution in [0, 0.1) is 5.82 Å². The van der Waals surface area contributed by atoms with Crippen molar-refractivity contribution in [1.82, 2.24) is 0 Å². The molecule has 0 aromatic heterocycles. The molecule has 5 heteroatoms. The molecule has 0 radical (unpaired) electrons. The van der Waals surface area contributed by atoms with E-state index in [1.54, 1.807) is 0 Å². The summed E-state index contributed by atoms with van der Waals surface area (Å²) in [5, 5.41) is -0.248. The van der Waals surface area contributed by atoms with E-state index < -0.39 is 23.9 Å². The van der Waals surface area contributed by atoms with Gasteiger partial charge in [-0.1, -0.05) is 11.6 Å². The lowest BCUT2D eigenvalue weighted by atomic mass is 10.1. The van der Waals surface area contributed by atoms with E-state index >= 15 is 0 Å². The summed E-state index contributed by atoms with van der Waals surface area (Å²) in [4.78, 5) is 11.1. The molecule has 0 heterocycles. The van der Waals surface area contributed by atoms with Crippen molar-refractivity contribution < 1.29 is 18.0 Å². The average Bonchev–Trinajstić information content (AvgIpc) is 2.21. The Balaban J connectivity index is 2.66. The number of carbonyl (C=O) groups is 1. The highest BCUT2D eigenvalue weighted by molar-refractivity contribution is 6.35. The van der Waals surface area contributed by atoms with Gasteiger partial charge in [-0.25, -0.2) is 4.39 Å². The van der Waals surface area contributed by atoms with Gasteiger partial charge in [-0.2, -0.15) is 8.78 Å². The molecule has 0 N–H and O–H groups in total. The zero-order valence-electron chi connectivity index (χ0n) is 6.78. The Hall–Kier alpha value is -1.03. The predicted molar refractivity (Wildman–Crippen MR) is 44.4 cm³/mol. The van der Waals surface area contributed by atoms with Gasteiger partial charge in [-0.15, -0.1) is 0 Å². The van der Waals surface area contributed by atoms with Crippen LogP contribution in [0.3, 0.4) is 0 Å². The molecule has 2 rings (SSSR count). The predicted octanol–water partition coefficient (Wildman–Crippen LogP) is 2.85. The average molecular weight is 221 g/mol. The Morgan fingerprint density at radius 2 is 2.00 bits per heavy atom. The number of carbonyl (C=O) groups excluding carboxylic acids is 1. The van der Waals surface area contributed by atoms with Gasteiger partial charge in [0.25, 0.3) is 0 Å². The quantitative estimate of drug-likeness (QED) is 0.657. The maximum atomic E-state index is 12.9. The molecule has 0 unspecified atom stereocenters. The number of benzene rings is 1. The van der Waals surface area contributed by atoms with Crippen LogP contribution in [0.25, 0.3) is 0 Å². The molecule has 0 bridgehead atoms. The Morgan fingerprint density at radius 3 is 2.64 bits per heavy atom. The van der Waals surface area contributed by atoms with Crippen molar-refractivity contribution >= 4 is 17.4 Å². The van der Waals surface area contributed by atoms with Crippen LogP contribution in [-0.2, 0) is 6.42 Å². The molecule has 0 saturated heterocycles. The van der Waals surface area contributed by atoms with Gasteiger partial charge in [-0.3, -0.25) is 4.79 Å². The first kappa shape index (κ1) is 9.52. The third kappa shape index (κ3) is 1.21. The monoisotopic (exact) mass is 220 g/mol. The van der Waals surface area contributed by atoms with Gasteiger partial charge in [0.05, 0.1) is 5.02 Å². The lowest BCUT2D eigenvalue weighted by molar-refractivity contribution is 0.0168.